The van der Waals surface area contributed by atoms with Crippen LogP contribution in [0.2, 0.25) is 0 Å². The molecule has 1 nitrogen and oxygen atoms in total. The van der Waals surface area contributed by atoms with E-state index in [1.165, 1.54) is 30.4 Å². The minimum Gasteiger partial charge on any atom is -0.193 e. The van der Waals surface area contributed by atoms with Crippen molar-refractivity contribution >= 4 is 0 Å². The van der Waals surface area contributed by atoms with E-state index in [-0.39, 0.29) is 0 Å². The zero-order valence-corrected chi connectivity index (χ0v) is 9.58. The first-order valence-corrected chi connectivity index (χ1v) is 6.05. The number of nitrogens with zero attached hydrogens (tertiary/aromatic N) is 1. The number of allylic oxidation sites excluding steroid dienone is 2. The third-order valence-corrected chi connectivity index (χ3v) is 3.24. The van der Waals surface area contributed by atoms with Gasteiger partial charge in [0, 0.05) is 12.0 Å². The van der Waals surface area contributed by atoms with E-state index >= 15 is 0 Å². The van der Waals surface area contributed by atoms with Gasteiger partial charge in [0.2, 0.25) is 0 Å². The fourth-order valence-corrected chi connectivity index (χ4v) is 2.32. The lowest BCUT2D eigenvalue weighted by atomic mass is 9.89. The van der Waals surface area contributed by atoms with Crippen LogP contribution in [0.15, 0.2) is 41.5 Å². The lowest BCUT2D eigenvalue weighted by Crippen LogP contribution is -2.00. The quantitative estimate of drug-likeness (QED) is 0.678. The van der Waals surface area contributed by atoms with E-state index < -0.39 is 0 Å². The van der Waals surface area contributed by atoms with Gasteiger partial charge in [-0.25, -0.2) is 0 Å². The molecule has 0 saturated heterocycles. The molecule has 0 atom stereocenters. The van der Waals surface area contributed by atoms with Crippen LogP contribution < -0.4 is 0 Å². The summed E-state index contributed by atoms with van der Waals surface area (Å²) in [4.78, 5) is 0. The van der Waals surface area contributed by atoms with Crippen molar-refractivity contribution in [3.8, 4) is 6.07 Å². The first kappa shape index (κ1) is 11.0. The van der Waals surface area contributed by atoms with Crippen molar-refractivity contribution in [2.45, 2.75) is 38.5 Å². The second-order valence-electron chi connectivity index (χ2n) is 4.42. The monoisotopic (exact) mass is 211 g/mol. The van der Waals surface area contributed by atoms with E-state index in [1.54, 1.807) is 0 Å². The van der Waals surface area contributed by atoms with Gasteiger partial charge >= 0.3 is 0 Å². The van der Waals surface area contributed by atoms with Gasteiger partial charge in [-0.3, -0.25) is 0 Å². The van der Waals surface area contributed by atoms with E-state index in [9.17, 15) is 5.26 Å². The summed E-state index contributed by atoms with van der Waals surface area (Å²) in [6.07, 6.45) is 6.93. The summed E-state index contributed by atoms with van der Waals surface area (Å²) in [7, 11) is 0. The summed E-state index contributed by atoms with van der Waals surface area (Å²) in [5.41, 5.74) is 3.65. The van der Waals surface area contributed by atoms with E-state index in [2.05, 4.69) is 18.2 Å². The maximum Gasteiger partial charge on any atom is 0.0950 e. The van der Waals surface area contributed by atoms with Crippen LogP contribution in [0, 0.1) is 11.3 Å². The number of nitriles is 1. The molecule has 0 N–H and O–H groups in total. The Bertz CT molecular complexity index is 401. The number of hydrogen-bond donors (Lipinski definition) is 0. The van der Waals surface area contributed by atoms with Crippen LogP contribution in [0.1, 0.15) is 37.7 Å². The molecule has 2 rings (SSSR count). The Balaban J connectivity index is 2.14. The zero-order chi connectivity index (χ0) is 11.2. The van der Waals surface area contributed by atoms with Gasteiger partial charge in [0.05, 0.1) is 6.07 Å². The number of hydrogen-bond acceptors (Lipinski definition) is 1. The summed E-state index contributed by atoms with van der Waals surface area (Å²) in [6.45, 7) is 0. The van der Waals surface area contributed by atoms with Crippen molar-refractivity contribution < 1.29 is 0 Å². The lowest BCUT2D eigenvalue weighted by Gasteiger charge is -2.15. The van der Waals surface area contributed by atoms with Crippen molar-refractivity contribution in [3.63, 3.8) is 0 Å². The Kier molecular flexibility index (Phi) is 3.77. The first-order chi connectivity index (χ1) is 7.90. The average Bonchev–Trinajstić information content (AvgIpc) is 2.38. The number of rotatable bonds is 2. The van der Waals surface area contributed by atoms with Gasteiger partial charge < -0.3 is 0 Å². The topological polar surface area (TPSA) is 23.8 Å². The molecular weight excluding hydrogens is 194 g/mol. The standard InChI is InChI=1S/C15H17N/c16-12-15(14-9-5-2-6-10-14)11-13-7-3-1-4-8-13/h1,3-4,7-8H,2,5-6,9-11H2. The van der Waals surface area contributed by atoms with Crippen molar-refractivity contribution in [2.75, 3.05) is 0 Å². The highest BCUT2D eigenvalue weighted by atomic mass is 14.3. The van der Waals surface area contributed by atoms with E-state index in [0.717, 1.165) is 24.8 Å². The van der Waals surface area contributed by atoms with Crippen LogP contribution in [-0.2, 0) is 6.42 Å². The van der Waals surface area contributed by atoms with Gasteiger partial charge in [0.25, 0.3) is 0 Å². The highest BCUT2D eigenvalue weighted by molar-refractivity contribution is 5.34. The molecule has 0 bridgehead atoms. The zero-order valence-electron chi connectivity index (χ0n) is 9.58. The van der Waals surface area contributed by atoms with Crippen molar-refractivity contribution in [2.24, 2.45) is 0 Å². The minimum absolute atomic E-state index is 0.812. The second-order valence-corrected chi connectivity index (χ2v) is 4.42. The normalized spacial score (nSPS) is 15.6. The smallest absolute Gasteiger partial charge is 0.0950 e. The Hall–Kier alpha value is -1.55. The van der Waals surface area contributed by atoms with Crippen molar-refractivity contribution in [1.29, 1.82) is 5.26 Å². The van der Waals surface area contributed by atoms with Gasteiger partial charge in [-0.1, -0.05) is 42.3 Å². The molecule has 82 valence electrons. The van der Waals surface area contributed by atoms with Crippen LogP contribution >= 0.6 is 0 Å². The minimum atomic E-state index is 0.812. The molecule has 0 unspecified atom stereocenters. The van der Waals surface area contributed by atoms with Crippen LogP contribution in [0.25, 0.3) is 0 Å². The molecule has 1 saturated carbocycles. The third kappa shape index (κ3) is 2.73. The molecular formula is C15H17N. The summed E-state index contributed by atoms with van der Waals surface area (Å²) >= 11 is 0. The van der Waals surface area contributed by atoms with Gasteiger partial charge in [-0.15, -0.1) is 0 Å². The maximum absolute atomic E-state index is 9.23. The van der Waals surface area contributed by atoms with Gasteiger partial charge in [0.15, 0.2) is 0 Å². The Labute approximate surface area is 97.4 Å². The molecule has 0 spiro atoms. The van der Waals surface area contributed by atoms with Gasteiger partial charge in [-0.2, -0.15) is 5.26 Å². The molecule has 1 aromatic carbocycles. The summed E-state index contributed by atoms with van der Waals surface area (Å²) in [5.74, 6) is 0. The molecule has 0 heterocycles. The molecule has 1 aliphatic carbocycles. The van der Waals surface area contributed by atoms with E-state index in [0.29, 0.717) is 0 Å². The number of benzene rings is 1. The van der Waals surface area contributed by atoms with Crippen LogP contribution in [0.5, 0.6) is 0 Å². The first-order valence-electron chi connectivity index (χ1n) is 6.05. The molecule has 0 aliphatic heterocycles. The summed E-state index contributed by atoms with van der Waals surface area (Å²) in [6, 6.07) is 12.7. The Morgan fingerprint density at radius 3 is 2.38 bits per heavy atom. The van der Waals surface area contributed by atoms with Gasteiger partial charge in [-0.05, 0) is 31.2 Å². The lowest BCUT2D eigenvalue weighted by molar-refractivity contribution is 0.594. The summed E-state index contributed by atoms with van der Waals surface area (Å²) in [5, 5.41) is 9.23. The predicted molar refractivity (Wildman–Crippen MR) is 65.9 cm³/mol. The van der Waals surface area contributed by atoms with Crippen LogP contribution in [-0.4, -0.2) is 0 Å². The van der Waals surface area contributed by atoms with Crippen molar-refractivity contribution in [3.05, 3.63) is 47.0 Å². The summed E-state index contributed by atoms with van der Waals surface area (Å²) < 4.78 is 0. The van der Waals surface area contributed by atoms with Crippen LogP contribution in [0.3, 0.4) is 0 Å². The fourth-order valence-electron chi connectivity index (χ4n) is 2.32. The molecule has 0 aromatic heterocycles. The highest BCUT2D eigenvalue weighted by Gasteiger charge is 2.11. The highest BCUT2D eigenvalue weighted by Crippen LogP contribution is 2.27. The molecule has 1 fully saturated rings. The van der Waals surface area contributed by atoms with E-state index in [1.807, 2.05) is 18.2 Å². The van der Waals surface area contributed by atoms with Gasteiger partial charge in [0.1, 0.15) is 0 Å². The molecule has 0 radical (unpaired) electrons. The predicted octanol–water partition coefficient (Wildman–Crippen LogP) is 4.01. The second kappa shape index (κ2) is 5.51. The Morgan fingerprint density at radius 2 is 1.75 bits per heavy atom. The maximum atomic E-state index is 9.23. The molecule has 0 amide bonds. The molecule has 1 aliphatic rings. The van der Waals surface area contributed by atoms with Crippen molar-refractivity contribution in [1.82, 2.24) is 0 Å². The molecule has 16 heavy (non-hydrogen) atoms. The fraction of sp³-hybridized carbons (Fsp3) is 0.400. The third-order valence-electron chi connectivity index (χ3n) is 3.24. The van der Waals surface area contributed by atoms with E-state index in [4.69, 9.17) is 0 Å². The Morgan fingerprint density at radius 1 is 1.06 bits per heavy atom. The SMILES string of the molecule is N#CC(Cc1ccccc1)=C1CCCCC1. The molecule has 1 heteroatoms. The average molecular weight is 211 g/mol. The largest absolute Gasteiger partial charge is 0.193 e. The molecule has 1 aromatic rings. The van der Waals surface area contributed by atoms with Crippen LogP contribution in [0.4, 0.5) is 0 Å².